The fourth-order valence-corrected chi connectivity index (χ4v) is 17.0. The van der Waals surface area contributed by atoms with Gasteiger partial charge in [0, 0.05) is 44.5 Å². The number of benzene rings is 1. The van der Waals surface area contributed by atoms with Gasteiger partial charge in [0.2, 0.25) is 106 Å². The predicted molar refractivity (Wildman–Crippen MR) is 528 cm³/mol. The lowest BCUT2D eigenvalue weighted by Crippen LogP contribution is -2.62. The normalized spacial score (nSPS) is 18.8. The Morgan fingerprint density at radius 1 is 0.588 bits per heavy atom. The summed E-state index contributed by atoms with van der Waals surface area (Å²) in [6.07, 6.45) is -8.76. The average Bonchev–Trinajstić information content (AvgIpc) is 1.62. The zero-order valence-electron chi connectivity index (χ0n) is 84.8. The first-order chi connectivity index (χ1) is 69.2. The number of nitrogens with zero attached hydrogens (tertiary/aromatic N) is 3. The number of hydrogen-bond acceptors (Lipinski definition) is 33. The summed E-state index contributed by atoms with van der Waals surface area (Å²) in [5.41, 5.74) is 22.1. The van der Waals surface area contributed by atoms with Crippen LogP contribution in [0.1, 0.15) is 185 Å². The van der Waals surface area contributed by atoms with Crippen molar-refractivity contribution in [1.29, 1.82) is 5.41 Å². The Kier molecular flexibility index (Phi) is 52.7. The van der Waals surface area contributed by atoms with E-state index in [0.717, 1.165) is 47.0 Å². The number of carboxylic acid groups (broad SMARTS) is 1. The van der Waals surface area contributed by atoms with E-state index in [1.165, 1.54) is 26.0 Å². The SMILES string of the molecule is CC[C@H](C)[C@H](NC(=O)[C@H](CCCNC(=N)N)NC(=O)[C@@H]1CCCN1C(=O)[C@H](CC(=O)O)NC(=O)[C@H](CC(C)C)NC(=O)[C@H](Cc1ccc(OP(=O)(O)O[C@H]2C[C@@](O)(n3ccc([N+](=O)[O-])c3)O[C@@H]2CO)cc1)NC(=O)[C@H](CC(N)=O)NC(=O)[C@H](CC(C)C)NC(=O)[C@H](CCCCN)NC(=O)[C@H](CO)NC(=O)[C@@H](NC(=O)CNC(=O)[C@H](CC(C)C)NC(=O)[C@H](CS)NC(C)=O)[C@@H](C)O)C(=O)N[C@H](C(=O)N[C@H](C(N)=O)C(C)C)[C@@H](C)O. The molecule has 22 atom stereocenters. The van der Waals surface area contributed by atoms with Gasteiger partial charge in [0.1, 0.15) is 109 Å². The molecule has 2 aliphatic rings. The Balaban J connectivity index is 1.74. The molecule has 0 saturated carbocycles. The molecule has 1 unspecified atom stereocenters. The third-order valence-electron chi connectivity index (χ3n) is 23.6. The van der Waals surface area contributed by atoms with Crippen LogP contribution in [0, 0.1) is 45.1 Å². The highest BCUT2D eigenvalue weighted by atomic mass is 32.1. The lowest BCUT2D eigenvalue weighted by Gasteiger charge is -2.32. The zero-order chi connectivity index (χ0) is 112. The summed E-state index contributed by atoms with van der Waals surface area (Å²) < 4.78 is 30.8. The molecular weight excluding hydrogens is 1990 g/mol. The van der Waals surface area contributed by atoms with E-state index >= 15 is 19.2 Å². The van der Waals surface area contributed by atoms with Crippen LogP contribution in [0.5, 0.6) is 5.75 Å². The number of nitro groups is 1. The molecule has 56 nitrogen and oxygen atoms in total. The van der Waals surface area contributed by atoms with Gasteiger partial charge in [-0.1, -0.05) is 87.8 Å². The predicted octanol–water partition coefficient (Wildman–Crippen LogP) is -7.45. The Morgan fingerprint density at radius 2 is 1.06 bits per heavy atom. The van der Waals surface area contributed by atoms with Crippen molar-refractivity contribution in [1.82, 2.24) is 94.5 Å². The number of carboxylic acids is 1. The quantitative estimate of drug-likeness (QED) is 0.00556. The molecule has 0 aliphatic carbocycles. The molecule has 58 heteroatoms. The number of unbranched alkanes of at least 4 members (excludes halogenated alkanes) is 1. The van der Waals surface area contributed by atoms with Crippen LogP contribution in [0.2, 0.25) is 0 Å². The number of ether oxygens (including phenoxy) is 1. The molecule has 2 fully saturated rings. The van der Waals surface area contributed by atoms with Crippen LogP contribution in [0.15, 0.2) is 42.7 Å². The fourth-order valence-electron chi connectivity index (χ4n) is 15.7. The van der Waals surface area contributed by atoms with Gasteiger partial charge in [-0.25, -0.2) is 4.57 Å². The Bertz CT molecular complexity index is 4980. The van der Waals surface area contributed by atoms with Crippen molar-refractivity contribution in [2.45, 2.75) is 307 Å². The van der Waals surface area contributed by atoms with E-state index < -0.39 is 333 Å². The van der Waals surface area contributed by atoms with Crippen molar-refractivity contribution in [3.05, 3.63) is 58.4 Å². The molecule has 0 spiro atoms. The molecule has 32 N–H and O–H groups in total. The Morgan fingerprint density at radius 3 is 1.56 bits per heavy atom. The number of likely N-dealkylation sites (tertiary alicyclic amines) is 1. The molecule has 148 heavy (non-hydrogen) atoms. The van der Waals surface area contributed by atoms with Crippen LogP contribution < -0.4 is 113 Å². The number of amides is 18. The minimum absolute atomic E-state index is 0.00802. The van der Waals surface area contributed by atoms with Gasteiger partial charge in [0.15, 0.2) is 5.96 Å². The van der Waals surface area contributed by atoms with Crippen LogP contribution in [0.3, 0.4) is 0 Å². The average molecular weight is 2140 g/mol. The smallest absolute Gasteiger partial charge is 0.481 e. The summed E-state index contributed by atoms with van der Waals surface area (Å²) in [7, 11) is -5.35. The van der Waals surface area contributed by atoms with Gasteiger partial charge in [0.05, 0.1) is 62.3 Å². The number of phosphoric ester groups is 1. The maximum Gasteiger partial charge on any atom is 0.527 e. The monoisotopic (exact) mass is 2140 g/mol. The molecule has 2 saturated heterocycles. The number of thiol groups is 1. The summed E-state index contributed by atoms with van der Waals surface area (Å²) >= 11 is 4.09. The third-order valence-corrected chi connectivity index (χ3v) is 24.9. The van der Waals surface area contributed by atoms with E-state index in [0.29, 0.717) is 0 Å². The van der Waals surface area contributed by atoms with E-state index in [1.54, 1.807) is 69.2 Å². The van der Waals surface area contributed by atoms with Gasteiger partial charge in [-0.05, 0) is 132 Å². The molecule has 3 heterocycles. The molecular formula is C90H147N24O32PS. The maximum absolute atomic E-state index is 15.3. The van der Waals surface area contributed by atoms with Crippen LogP contribution in [-0.2, 0) is 117 Å². The number of aliphatic hydroxyl groups excluding tert-OH is 4. The summed E-state index contributed by atoms with van der Waals surface area (Å²) in [6.45, 7) is 16.5. The first-order valence-electron chi connectivity index (χ1n) is 48.3. The van der Waals surface area contributed by atoms with E-state index in [2.05, 4.69) is 97.7 Å². The largest absolute Gasteiger partial charge is 0.527 e. The second-order valence-corrected chi connectivity index (χ2v) is 39.6. The van der Waals surface area contributed by atoms with E-state index in [4.69, 9.17) is 42.1 Å². The Labute approximate surface area is 859 Å². The lowest BCUT2D eigenvalue weighted by molar-refractivity contribution is -0.385. The first kappa shape index (κ1) is 127. The highest BCUT2D eigenvalue weighted by molar-refractivity contribution is 7.80. The molecule has 1 aromatic heterocycles. The summed E-state index contributed by atoms with van der Waals surface area (Å²) in [6, 6.07) is -19.6. The molecule has 4 rings (SSSR count). The number of guanidine groups is 1. The number of aliphatic carboxylic acids is 1. The number of hydrogen-bond donors (Lipinski definition) is 29. The van der Waals surface area contributed by atoms with Gasteiger partial charge in [-0.2, -0.15) is 12.6 Å². The van der Waals surface area contributed by atoms with Gasteiger partial charge in [-0.15, -0.1) is 0 Å². The summed E-state index contributed by atoms with van der Waals surface area (Å²) in [5, 5.41) is 122. The standard InChI is InChI=1S/C90H147N24O32PS/c1-14-47(10)71(85(135)111-73(49(12)118)87(137)109-70(46(8)9)74(93)124)110-77(127)55(20-17-28-96-89(94)95)100-84(134)64-21-18-29-113(64)88(138)61(36-69(122)123)106-79(129)58(33-45(6)7)103-80(130)59(34-51-22-24-53(25-23-51)145-147(142,143)146-65-37-90(139,144-66(65)41-116)112-30-26-52(39-112)114(140)141)104-81(131)60(35-67(92)120)105-78(128)57(32-44(4)5)102-76(126)54(19-15-16-27-91)99-82(132)62(40-115)107-86(136)72(48(11)117)108-68(121)38-97-75(125)56(31-43(2)3)101-83(133)63(42-148)98-50(13)119/h22-26,30,39,43-49,54-66,70-73,115-118,139,148H,14-21,27-29,31-38,40-42,91H2,1-13H3,(H2,92,120)(H2,93,124)(H,97,125)(H,98,119)(H,99,132)(H,100,134)(H,101,133)(H,102,126)(H,103,130)(H,104,131)(H,105,128)(H,106,129)(H,107,136)(H,108,121)(H,109,137)(H,110,127)(H,111,135)(H,122,123)(H,142,143)(H4,94,95,96)/t47-,48+,49+,54-,55-,56-,57-,58-,59-,60-,61-,62-,63-,64-,65-,66+,70-,71-,72-,73-,90-/m0/s1. The van der Waals surface area contributed by atoms with Crippen molar-refractivity contribution in [2.24, 2.45) is 52.5 Å². The topological polar surface area (TPSA) is 882 Å². The van der Waals surface area contributed by atoms with Crippen molar-refractivity contribution in [2.75, 3.05) is 45.1 Å². The lowest BCUT2D eigenvalue weighted by atomic mass is 9.96. The molecule has 830 valence electrons. The highest BCUT2D eigenvalue weighted by Crippen LogP contribution is 2.49. The number of nitrogens with two attached hydrogens (primary N) is 4. The molecule has 18 amide bonds. The molecule has 0 bridgehead atoms. The van der Waals surface area contributed by atoms with Crippen molar-refractivity contribution >= 4 is 144 Å². The number of aliphatic hydroxyl groups is 5. The van der Waals surface area contributed by atoms with Crippen LogP contribution in [0.25, 0.3) is 0 Å². The Hall–Kier alpha value is -12.9. The van der Waals surface area contributed by atoms with Crippen LogP contribution >= 0.6 is 20.5 Å². The van der Waals surface area contributed by atoms with E-state index in [9.17, 15) is 122 Å². The summed E-state index contributed by atoms with van der Waals surface area (Å²) in [5.74, 6) is -27.0. The van der Waals surface area contributed by atoms with Crippen molar-refractivity contribution in [3.8, 4) is 5.75 Å². The zero-order valence-corrected chi connectivity index (χ0v) is 86.6. The second kappa shape index (κ2) is 61.2. The molecule has 2 aromatic rings. The molecule has 2 aliphatic heterocycles. The van der Waals surface area contributed by atoms with Gasteiger partial charge < -0.3 is 153 Å². The van der Waals surface area contributed by atoms with Gasteiger partial charge in [-0.3, -0.25) is 121 Å². The minimum Gasteiger partial charge on any atom is -0.481 e. The van der Waals surface area contributed by atoms with Crippen molar-refractivity contribution < 1.29 is 150 Å². The number of nitrogens with one attached hydrogen (secondary N) is 17. The van der Waals surface area contributed by atoms with Gasteiger partial charge >= 0.3 is 13.8 Å². The first-order valence-corrected chi connectivity index (χ1v) is 50.4. The minimum atomic E-state index is -5.35. The maximum atomic E-state index is 15.3. The fraction of sp³-hybridized carbons (Fsp3) is 0.667. The van der Waals surface area contributed by atoms with Crippen LogP contribution in [0.4, 0.5) is 5.69 Å². The van der Waals surface area contributed by atoms with Crippen LogP contribution in [-0.4, -0.2) is 328 Å². The number of carbonyl (C=O) groups is 19. The third kappa shape index (κ3) is 42.0. The number of carbonyl (C=O) groups excluding carboxylic acids is 18. The van der Waals surface area contributed by atoms with Gasteiger partial charge in [0.25, 0.3) is 11.6 Å². The summed E-state index contributed by atoms with van der Waals surface area (Å²) in [4.78, 5) is 287. The number of aromatic nitrogens is 1. The van der Waals surface area contributed by atoms with E-state index in [-0.39, 0.29) is 107 Å². The number of phosphoric acid groups is 1. The van der Waals surface area contributed by atoms with Crippen molar-refractivity contribution in [3.63, 3.8) is 0 Å². The highest BCUT2D eigenvalue weighted by Gasteiger charge is 2.52. The second-order valence-electron chi connectivity index (χ2n) is 37.9. The van der Waals surface area contributed by atoms with E-state index in [1.807, 2.05) is 0 Å². The number of rotatable bonds is 65. The number of primary amides is 2. The molecule has 0 radical (unpaired) electrons. The molecule has 1 aromatic carbocycles.